The van der Waals surface area contributed by atoms with Crippen LogP contribution in [0.25, 0.3) is 6.08 Å². The Kier molecular flexibility index (Phi) is 4.82. The van der Waals surface area contributed by atoms with Gasteiger partial charge >= 0.3 is 0 Å². The maximum atomic E-state index is 13.2. The minimum atomic E-state index is -0.584. The quantitative estimate of drug-likeness (QED) is 0.638. The molecule has 8 heteroatoms. The number of aromatic hydroxyl groups is 1. The van der Waals surface area contributed by atoms with Crippen molar-refractivity contribution in [3.05, 3.63) is 70.4 Å². The second kappa shape index (κ2) is 7.04. The number of phenols is 1. The van der Waals surface area contributed by atoms with E-state index in [-0.39, 0.29) is 20.5 Å². The zero-order chi connectivity index (χ0) is 18.0. The Morgan fingerprint density at radius 1 is 1.24 bits per heavy atom. The third-order valence-corrected chi connectivity index (χ3v) is 4.56. The molecule has 5 nitrogen and oxygen atoms in total. The second-order valence-electron chi connectivity index (χ2n) is 5.06. The number of hydrogen-bond acceptors (Lipinski definition) is 5. The SMILES string of the molecule is O=C(NN1C(=O)C(=Cc2cccc(F)c2)SC1=S)c1cccc(O)c1. The smallest absolute Gasteiger partial charge is 0.285 e. The molecule has 0 spiro atoms. The number of benzene rings is 2. The van der Waals surface area contributed by atoms with Gasteiger partial charge in [0.05, 0.1) is 4.91 Å². The lowest BCUT2D eigenvalue weighted by Gasteiger charge is -2.15. The lowest BCUT2D eigenvalue weighted by atomic mass is 10.2. The average Bonchev–Trinajstić information content (AvgIpc) is 2.82. The van der Waals surface area contributed by atoms with E-state index in [1.165, 1.54) is 48.5 Å². The van der Waals surface area contributed by atoms with Crippen molar-refractivity contribution >= 4 is 46.2 Å². The van der Waals surface area contributed by atoms with Crippen LogP contribution in [0.15, 0.2) is 53.4 Å². The van der Waals surface area contributed by atoms with Gasteiger partial charge in [0.2, 0.25) is 0 Å². The number of carbonyl (C=O) groups excluding carboxylic acids is 2. The van der Waals surface area contributed by atoms with Crippen molar-refractivity contribution in [1.29, 1.82) is 0 Å². The van der Waals surface area contributed by atoms with Crippen LogP contribution in [0.5, 0.6) is 5.75 Å². The number of thioether (sulfide) groups is 1. The summed E-state index contributed by atoms with van der Waals surface area (Å²) in [5.41, 5.74) is 3.10. The van der Waals surface area contributed by atoms with Crippen LogP contribution in [0.4, 0.5) is 4.39 Å². The van der Waals surface area contributed by atoms with Crippen molar-refractivity contribution in [2.45, 2.75) is 0 Å². The summed E-state index contributed by atoms with van der Waals surface area (Å²) in [6, 6.07) is 11.5. The normalized spacial score (nSPS) is 15.7. The molecular weight excluding hydrogens is 363 g/mol. The van der Waals surface area contributed by atoms with Crippen LogP contribution < -0.4 is 5.43 Å². The summed E-state index contributed by atoms with van der Waals surface area (Å²) in [6.07, 6.45) is 1.50. The van der Waals surface area contributed by atoms with E-state index < -0.39 is 17.6 Å². The highest BCUT2D eigenvalue weighted by atomic mass is 32.2. The summed E-state index contributed by atoms with van der Waals surface area (Å²) in [4.78, 5) is 24.9. The first-order valence-electron chi connectivity index (χ1n) is 7.07. The van der Waals surface area contributed by atoms with Gasteiger partial charge in [-0.05, 0) is 54.2 Å². The molecule has 1 aliphatic rings. The number of amides is 2. The lowest BCUT2D eigenvalue weighted by molar-refractivity contribution is -0.123. The fraction of sp³-hybridized carbons (Fsp3) is 0. The van der Waals surface area contributed by atoms with E-state index in [1.807, 2.05) is 0 Å². The van der Waals surface area contributed by atoms with Crippen LogP contribution in [0.1, 0.15) is 15.9 Å². The van der Waals surface area contributed by atoms with Gasteiger partial charge in [-0.25, -0.2) is 4.39 Å². The first-order chi connectivity index (χ1) is 11.9. The van der Waals surface area contributed by atoms with Gasteiger partial charge in [-0.2, -0.15) is 5.01 Å². The Balaban J connectivity index is 1.78. The minimum Gasteiger partial charge on any atom is -0.508 e. The molecule has 2 N–H and O–H groups in total. The predicted molar refractivity (Wildman–Crippen MR) is 97.0 cm³/mol. The third kappa shape index (κ3) is 3.86. The molecule has 0 radical (unpaired) electrons. The molecule has 2 aromatic carbocycles. The molecule has 2 aromatic rings. The Morgan fingerprint density at radius 3 is 2.72 bits per heavy atom. The van der Waals surface area contributed by atoms with E-state index in [9.17, 15) is 19.1 Å². The number of nitrogens with one attached hydrogen (secondary N) is 1. The third-order valence-electron chi connectivity index (χ3n) is 3.26. The van der Waals surface area contributed by atoms with Crippen molar-refractivity contribution in [3.63, 3.8) is 0 Å². The fourth-order valence-electron chi connectivity index (χ4n) is 2.13. The fourth-order valence-corrected chi connectivity index (χ4v) is 3.30. The van der Waals surface area contributed by atoms with Crippen LogP contribution in [-0.2, 0) is 4.79 Å². The number of carbonyl (C=O) groups is 2. The van der Waals surface area contributed by atoms with Crippen molar-refractivity contribution in [1.82, 2.24) is 10.4 Å². The van der Waals surface area contributed by atoms with Crippen LogP contribution in [-0.4, -0.2) is 26.3 Å². The van der Waals surface area contributed by atoms with Gasteiger partial charge in [0.15, 0.2) is 4.32 Å². The van der Waals surface area contributed by atoms with E-state index in [1.54, 1.807) is 6.07 Å². The summed E-state index contributed by atoms with van der Waals surface area (Å²) in [6.45, 7) is 0. The van der Waals surface area contributed by atoms with Crippen LogP contribution >= 0.6 is 24.0 Å². The highest BCUT2D eigenvalue weighted by molar-refractivity contribution is 8.26. The van der Waals surface area contributed by atoms with E-state index in [4.69, 9.17) is 12.2 Å². The van der Waals surface area contributed by atoms with Crippen molar-refractivity contribution in [3.8, 4) is 5.75 Å². The Hall–Kier alpha value is -2.71. The molecule has 1 fully saturated rings. The van der Waals surface area contributed by atoms with Crippen molar-refractivity contribution < 1.29 is 19.1 Å². The molecule has 0 saturated carbocycles. The standard InChI is InChI=1S/C17H11FN2O3S2/c18-12-5-1-3-10(7-12)8-14-16(23)20(17(24)25-14)19-15(22)11-4-2-6-13(21)9-11/h1-9,21H,(H,19,22). The molecule has 0 unspecified atom stereocenters. The van der Waals surface area contributed by atoms with Crippen molar-refractivity contribution in [2.75, 3.05) is 0 Å². The van der Waals surface area contributed by atoms with Gasteiger partial charge in [-0.3, -0.25) is 15.0 Å². The molecule has 126 valence electrons. The molecule has 1 aliphatic heterocycles. The zero-order valence-electron chi connectivity index (χ0n) is 12.6. The van der Waals surface area contributed by atoms with E-state index in [0.717, 1.165) is 16.8 Å². The Bertz CT molecular complexity index is 914. The summed E-state index contributed by atoms with van der Waals surface area (Å²) >= 11 is 6.12. The number of halogens is 1. The summed E-state index contributed by atoms with van der Waals surface area (Å²) in [7, 11) is 0. The molecule has 0 bridgehead atoms. The van der Waals surface area contributed by atoms with Gasteiger partial charge in [-0.15, -0.1) is 0 Å². The largest absolute Gasteiger partial charge is 0.508 e. The average molecular weight is 374 g/mol. The van der Waals surface area contributed by atoms with Crippen LogP contribution in [0.3, 0.4) is 0 Å². The number of nitrogens with zero attached hydrogens (tertiary/aromatic N) is 1. The van der Waals surface area contributed by atoms with Crippen LogP contribution in [0.2, 0.25) is 0 Å². The number of hydrazine groups is 1. The number of thiocarbonyl (C=S) groups is 1. The van der Waals surface area contributed by atoms with Gasteiger partial charge < -0.3 is 5.11 Å². The molecule has 0 aliphatic carbocycles. The Morgan fingerprint density at radius 2 is 2.00 bits per heavy atom. The van der Waals surface area contributed by atoms with Crippen LogP contribution in [0, 0.1) is 5.82 Å². The highest BCUT2D eigenvalue weighted by Crippen LogP contribution is 2.31. The van der Waals surface area contributed by atoms with E-state index in [0.29, 0.717) is 5.56 Å². The molecule has 2 amide bonds. The first-order valence-corrected chi connectivity index (χ1v) is 8.30. The molecular formula is C17H11FN2O3S2. The van der Waals surface area contributed by atoms with Crippen molar-refractivity contribution in [2.24, 2.45) is 0 Å². The summed E-state index contributed by atoms with van der Waals surface area (Å²) < 4.78 is 13.4. The van der Waals surface area contributed by atoms with Gasteiger partial charge in [0.1, 0.15) is 11.6 Å². The number of rotatable bonds is 3. The van der Waals surface area contributed by atoms with Gasteiger partial charge in [-0.1, -0.05) is 30.0 Å². The molecule has 0 atom stereocenters. The van der Waals surface area contributed by atoms with E-state index >= 15 is 0 Å². The highest BCUT2D eigenvalue weighted by Gasteiger charge is 2.33. The topological polar surface area (TPSA) is 69.6 Å². The number of hydrogen-bond donors (Lipinski definition) is 2. The monoisotopic (exact) mass is 374 g/mol. The minimum absolute atomic E-state index is 0.0657. The zero-order valence-corrected chi connectivity index (χ0v) is 14.2. The molecule has 1 saturated heterocycles. The number of phenolic OH excluding ortho intramolecular Hbond substituents is 1. The van der Waals surface area contributed by atoms with Gasteiger partial charge in [0, 0.05) is 5.56 Å². The van der Waals surface area contributed by atoms with E-state index in [2.05, 4.69) is 5.43 Å². The Labute approximate surface area is 152 Å². The summed E-state index contributed by atoms with van der Waals surface area (Å²) in [5.74, 6) is -1.57. The maximum Gasteiger partial charge on any atom is 0.285 e. The molecule has 1 heterocycles. The molecule has 0 aromatic heterocycles. The summed E-state index contributed by atoms with van der Waals surface area (Å²) in [5, 5.41) is 10.4. The maximum absolute atomic E-state index is 13.2. The molecule has 3 rings (SSSR count). The predicted octanol–water partition coefficient (Wildman–Crippen LogP) is 3.08. The first kappa shape index (κ1) is 17.1. The second-order valence-corrected chi connectivity index (χ2v) is 6.74. The van der Waals surface area contributed by atoms with Gasteiger partial charge in [0.25, 0.3) is 11.8 Å². The lowest BCUT2D eigenvalue weighted by Crippen LogP contribution is -2.44. The molecule has 25 heavy (non-hydrogen) atoms.